The third-order valence-electron chi connectivity index (χ3n) is 5.36. The van der Waals surface area contributed by atoms with E-state index in [4.69, 9.17) is 9.15 Å². The van der Waals surface area contributed by atoms with Gasteiger partial charge in [-0.15, -0.1) is 10.2 Å². The molecule has 0 fully saturated rings. The van der Waals surface area contributed by atoms with E-state index >= 15 is 0 Å². The minimum atomic E-state index is -0.741. The predicted molar refractivity (Wildman–Crippen MR) is 127 cm³/mol. The molecule has 0 aliphatic carbocycles. The van der Waals surface area contributed by atoms with Gasteiger partial charge in [-0.1, -0.05) is 42.1 Å². The fraction of sp³-hybridized carbons (Fsp3) is 0.333. The number of rotatable bonds is 9. The Morgan fingerprint density at radius 1 is 1.18 bits per heavy atom. The van der Waals surface area contributed by atoms with Gasteiger partial charge in [-0.05, 0) is 38.5 Å². The molecule has 4 rings (SSSR count). The zero-order chi connectivity index (χ0) is 24.1. The number of furan rings is 1. The summed E-state index contributed by atoms with van der Waals surface area (Å²) in [5.74, 6) is 1.81. The monoisotopic (exact) mass is 481 g/mol. The second-order valence-corrected chi connectivity index (χ2v) is 8.63. The number of carbonyl (C=O) groups excluding carboxylic acids is 2. The van der Waals surface area contributed by atoms with Crippen LogP contribution in [0.3, 0.4) is 0 Å². The number of hydrogen-bond acceptors (Lipinski definition) is 7. The Balaban J connectivity index is 1.61. The summed E-state index contributed by atoms with van der Waals surface area (Å²) in [6, 6.07) is 12.5. The largest absolute Gasteiger partial charge is 0.464 e. The summed E-state index contributed by atoms with van der Waals surface area (Å²) in [7, 11) is 0. The molecule has 0 radical (unpaired) electrons. The Labute approximate surface area is 202 Å². The van der Waals surface area contributed by atoms with Crippen molar-refractivity contribution in [3.63, 3.8) is 0 Å². The molecule has 0 unspecified atom stereocenters. The van der Waals surface area contributed by atoms with Gasteiger partial charge in [0, 0.05) is 24.4 Å². The summed E-state index contributed by atoms with van der Waals surface area (Å²) >= 11 is 1.40. The fourth-order valence-electron chi connectivity index (χ4n) is 3.79. The highest BCUT2D eigenvalue weighted by atomic mass is 32.2. The minimum absolute atomic E-state index is 0.216. The van der Waals surface area contributed by atoms with E-state index in [-0.39, 0.29) is 6.61 Å². The molecule has 2 N–H and O–H groups in total. The van der Waals surface area contributed by atoms with Gasteiger partial charge in [0.1, 0.15) is 23.4 Å². The van der Waals surface area contributed by atoms with Crippen LogP contribution in [0, 0.1) is 6.92 Å². The number of hydrogen-bond donors (Lipinski definition) is 2. The standard InChI is InChI=1S/C24H27N5O4S/c1-4-29-19(13-16-9-7-6-8-10-16)27-28-24(29)34-14-17-20(22(30)32-5-2)21(26-23(31)25-17)18-12-11-15(3)33-18/h6-12,21H,4-5,13-14H2,1-3H3,(H2,25,26,31)/t21-/m0/s1. The lowest BCUT2D eigenvalue weighted by molar-refractivity contribution is -0.139. The number of amides is 2. The molecule has 1 aliphatic rings. The van der Waals surface area contributed by atoms with Gasteiger partial charge in [-0.25, -0.2) is 9.59 Å². The first kappa shape index (κ1) is 23.6. The molecule has 0 bridgehead atoms. The molecule has 10 heteroatoms. The predicted octanol–water partition coefficient (Wildman–Crippen LogP) is 3.75. The van der Waals surface area contributed by atoms with Crippen molar-refractivity contribution in [3.05, 3.63) is 76.6 Å². The summed E-state index contributed by atoms with van der Waals surface area (Å²) < 4.78 is 13.1. The molecule has 0 saturated heterocycles. The van der Waals surface area contributed by atoms with E-state index in [2.05, 4.69) is 33.0 Å². The van der Waals surface area contributed by atoms with Crippen LogP contribution >= 0.6 is 11.8 Å². The van der Waals surface area contributed by atoms with Crippen LogP contribution < -0.4 is 10.6 Å². The van der Waals surface area contributed by atoms with Crippen molar-refractivity contribution < 1.29 is 18.7 Å². The number of thioether (sulfide) groups is 1. The van der Waals surface area contributed by atoms with Crippen molar-refractivity contribution >= 4 is 23.8 Å². The number of urea groups is 1. The smallest absolute Gasteiger partial charge is 0.338 e. The van der Waals surface area contributed by atoms with Crippen LogP contribution in [0.25, 0.3) is 0 Å². The molecular formula is C24H27N5O4S. The van der Waals surface area contributed by atoms with Crippen molar-refractivity contribution in [2.24, 2.45) is 0 Å². The maximum atomic E-state index is 12.9. The first-order valence-corrected chi connectivity index (χ1v) is 12.1. The van der Waals surface area contributed by atoms with Crippen molar-refractivity contribution in [3.8, 4) is 0 Å². The Hall–Kier alpha value is -3.53. The number of ether oxygens (including phenoxy) is 1. The molecule has 1 aliphatic heterocycles. The van der Waals surface area contributed by atoms with Gasteiger partial charge in [0.2, 0.25) is 0 Å². The number of carbonyl (C=O) groups is 2. The van der Waals surface area contributed by atoms with E-state index in [1.54, 1.807) is 19.1 Å². The highest BCUT2D eigenvalue weighted by molar-refractivity contribution is 7.99. The Morgan fingerprint density at radius 2 is 1.97 bits per heavy atom. The van der Waals surface area contributed by atoms with Crippen LogP contribution in [-0.4, -0.2) is 39.1 Å². The maximum absolute atomic E-state index is 12.9. The SMILES string of the molecule is CCOC(=O)C1=C(CSc2nnc(Cc3ccccc3)n2CC)NC(=O)N[C@H]1c1ccc(C)o1. The third-order valence-corrected chi connectivity index (χ3v) is 6.35. The number of aromatic nitrogens is 3. The van der Waals surface area contributed by atoms with Gasteiger partial charge < -0.3 is 24.4 Å². The zero-order valence-corrected chi connectivity index (χ0v) is 20.1. The van der Waals surface area contributed by atoms with Crippen LogP contribution in [0.2, 0.25) is 0 Å². The Bertz CT molecular complexity index is 1200. The van der Waals surface area contributed by atoms with Gasteiger partial charge in [-0.3, -0.25) is 0 Å². The molecule has 9 nitrogen and oxygen atoms in total. The van der Waals surface area contributed by atoms with Crippen LogP contribution in [0.1, 0.15) is 42.8 Å². The Kier molecular flexibility index (Phi) is 7.36. The molecule has 1 aromatic carbocycles. The van der Waals surface area contributed by atoms with Gasteiger partial charge in [-0.2, -0.15) is 0 Å². The van der Waals surface area contributed by atoms with Gasteiger partial charge in [0.05, 0.1) is 12.2 Å². The van der Waals surface area contributed by atoms with Gasteiger partial charge in [0.25, 0.3) is 0 Å². The number of benzene rings is 1. The van der Waals surface area contributed by atoms with Crippen molar-refractivity contribution in [2.45, 2.75) is 44.9 Å². The van der Waals surface area contributed by atoms with Crippen LogP contribution in [-0.2, 0) is 22.5 Å². The second kappa shape index (κ2) is 10.6. The molecule has 178 valence electrons. The van der Waals surface area contributed by atoms with E-state index in [9.17, 15) is 9.59 Å². The van der Waals surface area contributed by atoms with Crippen molar-refractivity contribution in [1.82, 2.24) is 25.4 Å². The number of nitrogens with one attached hydrogen (secondary N) is 2. The van der Waals surface area contributed by atoms with E-state index < -0.39 is 18.0 Å². The minimum Gasteiger partial charge on any atom is -0.464 e. The van der Waals surface area contributed by atoms with Crippen molar-refractivity contribution in [2.75, 3.05) is 12.4 Å². The molecular weight excluding hydrogens is 454 g/mol. The summed E-state index contributed by atoms with van der Waals surface area (Å²) in [5.41, 5.74) is 1.92. The van der Waals surface area contributed by atoms with Crippen LogP contribution in [0.15, 0.2) is 63.3 Å². The molecule has 1 atom stereocenters. The summed E-state index contributed by atoms with van der Waals surface area (Å²) in [6.45, 7) is 6.50. The van der Waals surface area contributed by atoms with E-state index in [1.165, 1.54) is 11.8 Å². The summed E-state index contributed by atoms with van der Waals surface area (Å²) in [4.78, 5) is 25.3. The molecule has 34 heavy (non-hydrogen) atoms. The Morgan fingerprint density at radius 3 is 2.65 bits per heavy atom. The van der Waals surface area contributed by atoms with Crippen LogP contribution in [0.4, 0.5) is 4.79 Å². The lowest BCUT2D eigenvalue weighted by atomic mass is 10.0. The lowest BCUT2D eigenvalue weighted by Crippen LogP contribution is -2.46. The highest BCUT2D eigenvalue weighted by Crippen LogP contribution is 2.31. The third kappa shape index (κ3) is 5.17. The van der Waals surface area contributed by atoms with Gasteiger partial charge >= 0.3 is 12.0 Å². The van der Waals surface area contributed by atoms with Crippen LogP contribution in [0.5, 0.6) is 0 Å². The molecule has 3 aromatic rings. The van der Waals surface area contributed by atoms with E-state index in [0.717, 1.165) is 11.4 Å². The normalized spacial score (nSPS) is 15.7. The van der Waals surface area contributed by atoms with Crippen molar-refractivity contribution in [1.29, 1.82) is 0 Å². The van der Waals surface area contributed by atoms with Gasteiger partial charge in [0.15, 0.2) is 5.16 Å². The molecule has 2 aromatic heterocycles. The average molecular weight is 482 g/mol. The van der Waals surface area contributed by atoms with E-state index in [0.29, 0.717) is 46.7 Å². The molecule has 0 spiro atoms. The van der Waals surface area contributed by atoms with E-state index in [1.807, 2.05) is 36.6 Å². The first-order chi connectivity index (χ1) is 16.5. The zero-order valence-electron chi connectivity index (χ0n) is 19.3. The second-order valence-electron chi connectivity index (χ2n) is 7.69. The lowest BCUT2D eigenvalue weighted by Gasteiger charge is -2.27. The average Bonchev–Trinajstić information content (AvgIpc) is 3.43. The first-order valence-electron chi connectivity index (χ1n) is 11.1. The summed E-state index contributed by atoms with van der Waals surface area (Å²) in [6.07, 6.45) is 0.666. The number of aryl methyl sites for hydroxylation is 1. The topological polar surface area (TPSA) is 111 Å². The maximum Gasteiger partial charge on any atom is 0.338 e. The number of esters is 1. The molecule has 0 saturated carbocycles. The number of nitrogens with zero attached hydrogens (tertiary/aromatic N) is 3. The highest BCUT2D eigenvalue weighted by Gasteiger charge is 2.35. The fourth-order valence-corrected chi connectivity index (χ4v) is 4.78. The quantitative estimate of drug-likeness (QED) is 0.354. The molecule has 2 amide bonds. The molecule has 3 heterocycles. The summed E-state index contributed by atoms with van der Waals surface area (Å²) in [5, 5.41) is 15.0.